The molecule has 0 spiro atoms. The average molecular weight is 232 g/mol. The Morgan fingerprint density at radius 3 is 2.83 bits per heavy atom. The van der Waals surface area contributed by atoms with E-state index in [-0.39, 0.29) is 0 Å². The van der Waals surface area contributed by atoms with Crippen molar-refractivity contribution in [2.24, 2.45) is 5.92 Å². The Balaban J connectivity index is 2.69. The highest BCUT2D eigenvalue weighted by atomic mass is 79.9. The second kappa shape index (κ2) is 3.94. The van der Waals surface area contributed by atoms with Gasteiger partial charge in [0.05, 0.1) is 10.7 Å². The largest absolute Gasteiger partial charge is 0.383 e. The summed E-state index contributed by atoms with van der Waals surface area (Å²) in [6, 6.07) is 0. The summed E-state index contributed by atoms with van der Waals surface area (Å²) in [5, 5.41) is 4.15. The molecule has 1 rings (SSSR count). The quantitative estimate of drug-likeness (QED) is 0.868. The minimum Gasteiger partial charge on any atom is -0.383 e. The van der Waals surface area contributed by atoms with Crippen LogP contribution in [-0.4, -0.2) is 9.78 Å². The lowest BCUT2D eigenvalue weighted by atomic mass is 10.1. The molecule has 0 aromatic carbocycles. The molecule has 0 bridgehead atoms. The molecule has 68 valence electrons. The lowest BCUT2D eigenvalue weighted by Gasteiger charge is -2.09. The van der Waals surface area contributed by atoms with E-state index in [0.29, 0.717) is 5.92 Å². The Morgan fingerprint density at radius 1 is 1.75 bits per heavy atom. The van der Waals surface area contributed by atoms with Gasteiger partial charge < -0.3 is 5.73 Å². The molecule has 2 N–H and O–H groups in total. The number of aromatic nitrogens is 2. The number of halogens is 1. The van der Waals surface area contributed by atoms with E-state index in [9.17, 15) is 0 Å². The standard InChI is InChI=1S/C8H14BrN3/c1-3-6(2)5-12-8(10)7(9)4-11-12/h4,6H,3,5,10H2,1-2H3. The molecule has 0 aliphatic heterocycles. The van der Waals surface area contributed by atoms with Crippen molar-refractivity contribution in [3.05, 3.63) is 10.7 Å². The number of rotatable bonds is 3. The van der Waals surface area contributed by atoms with Gasteiger partial charge in [0.1, 0.15) is 5.82 Å². The Kier molecular flexibility index (Phi) is 3.14. The first-order chi connectivity index (χ1) is 5.65. The molecule has 3 nitrogen and oxygen atoms in total. The van der Waals surface area contributed by atoms with Crippen molar-refractivity contribution in [2.45, 2.75) is 26.8 Å². The van der Waals surface area contributed by atoms with Crippen molar-refractivity contribution in [1.82, 2.24) is 9.78 Å². The topological polar surface area (TPSA) is 43.8 Å². The van der Waals surface area contributed by atoms with Crippen molar-refractivity contribution < 1.29 is 0 Å². The van der Waals surface area contributed by atoms with Crippen molar-refractivity contribution >= 4 is 21.7 Å². The van der Waals surface area contributed by atoms with Gasteiger partial charge in [-0.15, -0.1) is 0 Å². The van der Waals surface area contributed by atoms with Crippen LogP contribution < -0.4 is 5.73 Å². The van der Waals surface area contributed by atoms with Crippen LogP contribution in [0, 0.1) is 5.92 Å². The molecule has 4 heteroatoms. The molecule has 1 heterocycles. The zero-order valence-corrected chi connectivity index (χ0v) is 9.00. The summed E-state index contributed by atoms with van der Waals surface area (Å²) in [6.07, 6.45) is 2.88. The van der Waals surface area contributed by atoms with Gasteiger partial charge in [0, 0.05) is 6.54 Å². The van der Waals surface area contributed by atoms with E-state index in [1.165, 1.54) is 0 Å². The first kappa shape index (κ1) is 9.58. The lowest BCUT2D eigenvalue weighted by Crippen LogP contribution is -2.10. The normalized spacial score (nSPS) is 13.2. The second-order valence-corrected chi connectivity index (χ2v) is 3.93. The molecule has 0 aliphatic carbocycles. The molecular weight excluding hydrogens is 218 g/mol. The first-order valence-corrected chi connectivity index (χ1v) is 4.91. The molecule has 0 aliphatic rings. The fraction of sp³-hybridized carbons (Fsp3) is 0.625. The van der Waals surface area contributed by atoms with Crippen LogP contribution >= 0.6 is 15.9 Å². The highest BCUT2D eigenvalue weighted by Crippen LogP contribution is 2.19. The maximum atomic E-state index is 5.76. The summed E-state index contributed by atoms with van der Waals surface area (Å²) in [4.78, 5) is 0. The monoisotopic (exact) mass is 231 g/mol. The maximum Gasteiger partial charge on any atom is 0.136 e. The van der Waals surface area contributed by atoms with Gasteiger partial charge >= 0.3 is 0 Å². The predicted octanol–water partition coefficient (Wildman–Crippen LogP) is 2.27. The van der Waals surface area contributed by atoms with Gasteiger partial charge in [-0.05, 0) is 21.8 Å². The van der Waals surface area contributed by atoms with Crippen LogP contribution in [0.25, 0.3) is 0 Å². The van der Waals surface area contributed by atoms with Crippen LogP contribution in [0.4, 0.5) is 5.82 Å². The number of hydrogen-bond donors (Lipinski definition) is 1. The molecule has 1 unspecified atom stereocenters. The van der Waals surface area contributed by atoms with E-state index in [1.807, 2.05) is 4.68 Å². The molecule has 1 aromatic heterocycles. The Hall–Kier alpha value is -0.510. The van der Waals surface area contributed by atoms with Gasteiger partial charge in [-0.25, -0.2) is 4.68 Å². The minimum absolute atomic E-state index is 0.624. The predicted molar refractivity (Wildman–Crippen MR) is 53.8 cm³/mol. The Labute approximate surface area is 81.1 Å². The summed E-state index contributed by atoms with van der Waals surface area (Å²) in [5.74, 6) is 1.34. The van der Waals surface area contributed by atoms with Crippen LogP contribution in [-0.2, 0) is 6.54 Å². The van der Waals surface area contributed by atoms with E-state index in [1.54, 1.807) is 6.20 Å². The van der Waals surface area contributed by atoms with Crippen molar-refractivity contribution in [3.63, 3.8) is 0 Å². The van der Waals surface area contributed by atoms with E-state index < -0.39 is 0 Å². The first-order valence-electron chi connectivity index (χ1n) is 4.12. The summed E-state index contributed by atoms with van der Waals surface area (Å²) in [7, 11) is 0. The fourth-order valence-electron chi connectivity index (χ4n) is 0.942. The highest BCUT2D eigenvalue weighted by molar-refractivity contribution is 9.10. The van der Waals surface area contributed by atoms with E-state index in [4.69, 9.17) is 5.73 Å². The molecule has 12 heavy (non-hydrogen) atoms. The molecule has 0 saturated carbocycles. The molecule has 1 aromatic rings. The van der Waals surface area contributed by atoms with Gasteiger partial charge in [0.2, 0.25) is 0 Å². The summed E-state index contributed by atoms with van der Waals surface area (Å²) < 4.78 is 2.71. The van der Waals surface area contributed by atoms with Crippen LogP contribution in [0.1, 0.15) is 20.3 Å². The SMILES string of the molecule is CCC(C)Cn1ncc(Br)c1N. The van der Waals surface area contributed by atoms with E-state index >= 15 is 0 Å². The minimum atomic E-state index is 0.624. The smallest absolute Gasteiger partial charge is 0.136 e. The number of anilines is 1. The number of nitrogens with two attached hydrogens (primary N) is 1. The zero-order valence-electron chi connectivity index (χ0n) is 7.42. The summed E-state index contributed by atoms with van der Waals surface area (Å²) >= 11 is 3.32. The third kappa shape index (κ3) is 2.00. The number of nitrogens with zero attached hydrogens (tertiary/aromatic N) is 2. The van der Waals surface area contributed by atoms with Crippen molar-refractivity contribution in [1.29, 1.82) is 0 Å². The number of nitrogen functional groups attached to an aromatic ring is 1. The molecule has 0 saturated heterocycles. The van der Waals surface area contributed by atoms with Gasteiger partial charge in [-0.1, -0.05) is 20.3 Å². The lowest BCUT2D eigenvalue weighted by molar-refractivity contribution is 0.443. The highest BCUT2D eigenvalue weighted by Gasteiger charge is 2.06. The van der Waals surface area contributed by atoms with Gasteiger partial charge in [-0.2, -0.15) is 5.10 Å². The second-order valence-electron chi connectivity index (χ2n) is 3.07. The van der Waals surface area contributed by atoms with Crippen LogP contribution in [0.3, 0.4) is 0 Å². The zero-order chi connectivity index (χ0) is 9.14. The van der Waals surface area contributed by atoms with Crippen LogP contribution in [0.5, 0.6) is 0 Å². The summed E-state index contributed by atoms with van der Waals surface area (Å²) in [5.41, 5.74) is 5.76. The average Bonchev–Trinajstić information content (AvgIpc) is 2.36. The van der Waals surface area contributed by atoms with Gasteiger partial charge in [0.15, 0.2) is 0 Å². The third-order valence-corrected chi connectivity index (χ3v) is 2.63. The van der Waals surface area contributed by atoms with Gasteiger partial charge in [-0.3, -0.25) is 0 Å². The van der Waals surface area contributed by atoms with Crippen molar-refractivity contribution in [2.75, 3.05) is 5.73 Å². The Bertz CT molecular complexity index is 257. The summed E-state index contributed by atoms with van der Waals surface area (Å²) in [6.45, 7) is 5.25. The molecular formula is C8H14BrN3. The van der Waals surface area contributed by atoms with Crippen LogP contribution in [0.2, 0.25) is 0 Å². The molecule has 0 radical (unpaired) electrons. The van der Waals surface area contributed by atoms with Crippen LogP contribution in [0.15, 0.2) is 10.7 Å². The fourth-order valence-corrected chi connectivity index (χ4v) is 1.24. The molecule has 1 atom stereocenters. The van der Waals surface area contributed by atoms with E-state index in [2.05, 4.69) is 34.9 Å². The molecule has 0 amide bonds. The van der Waals surface area contributed by atoms with Crippen molar-refractivity contribution in [3.8, 4) is 0 Å². The number of hydrogen-bond acceptors (Lipinski definition) is 2. The molecule has 0 fully saturated rings. The third-order valence-electron chi connectivity index (χ3n) is 2.01. The maximum absolute atomic E-state index is 5.76. The Morgan fingerprint density at radius 2 is 2.42 bits per heavy atom. The van der Waals surface area contributed by atoms with Gasteiger partial charge in [0.25, 0.3) is 0 Å². The van der Waals surface area contributed by atoms with E-state index in [0.717, 1.165) is 23.3 Å².